The van der Waals surface area contributed by atoms with Crippen molar-refractivity contribution < 1.29 is 9.53 Å². The number of aromatic amines is 1. The van der Waals surface area contributed by atoms with Gasteiger partial charge in [-0.25, -0.2) is 9.78 Å². The van der Waals surface area contributed by atoms with E-state index >= 15 is 0 Å². The van der Waals surface area contributed by atoms with Crippen molar-refractivity contribution in [3.05, 3.63) is 61.5 Å². The zero-order valence-corrected chi connectivity index (χ0v) is 14.8. The van der Waals surface area contributed by atoms with Crippen molar-refractivity contribution >= 4 is 39.1 Å². The normalized spacial score (nSPS) is 11.0. The monoisotopic (exact) mass is 362 g/mol. The molecule has 0 fully saturated rings. The van der Waals surface area contributed by atoms with Gasteiger partial charge in [0.15, 0.2) is 0 Å². The number of fused-ring (bicyclic) bond motifs is 1. The quantitative estimate of drug-likeness (QED) is 0.718. The molecule has 0 atom stereocenters. The largest absolute Gasteiger partial charge is 0.462 e. The number of aromatic nitrogens is 2. The summed E-state index contributed by atoms with van der Waals surface area (Å²) >= 11 is 7.34. The number of aryl methyl sites for hydroxylation is 1. The molecule has 0 aliphatic heterocycles. The fraction of sp³-hybridized carbons (Fsp3) is 0.235. The zero-order chi connectivity index (χ0) is 17.3. The number of nitrogens with one attached hydrogen (secondary N) is 1. The molecule has 0 spiro atoms. The first-order chi connectivity index (χ1) is 11.5. The van der Waals surface area contributed by atoms with E-state index in [0.29, 0.717) is 37.9 Å². The van der Waals surface area contributed by atoms with Crippen LogP contribution in [0, 0.1) is 6.92 Å². The number of rotatable bonds is 4. The summed E-state index contributed by atoms with van der Waals surface area (Å²) in [5.41, 5.74) is 1.22. The third kappa shape index (κ3) is 3.07. The van der Waals surface area contributed by atoms with E-state index in [1.807, 2.05) is 18.2 Å². The number of carbonyl (C=O) groups excluding carboxylic acids is 1. The summed E-state index contributed by atoms with van der Waals surface area (Å²) in [7, 11) is 0. The Morgan fingerprint density at radius 2 is 2.12 bits per heavy atom. The third-order valence-electron chi connectivity index (χ3n) is 3.63. The molecule has 2 aromatic heterocycles. The summed E-state index contributed by atoms with van der Waals surface area (Å²) in [5, 5.41) is 1.06. The van der Waals surface area contributed by atoms with E-state index in [-0.39, 0.29) is 12.2 Å². The van der Waals surface area contributed by atoms with Gasteiger partial charge >= 0.3 is 5.97 Å². The van der Waals surface area contributed by atoms with Crippen molar-refractivity contribution in [3.63, 3.8) is 0 Å². The number of esters is 1. The molecule has 3 aromatic rings. The second kappa shape index (κ2) is 6.75. The molecule has 3 rings (SSSR count). The number of hydrogen-bond acceptors (Lipinski definition) is 5. The summed E-state index contributed by atoms with van der Waals surface area (Å²) in [6, 6.07) is 7.41. The minimum Gasteiger partial charge on any atom is -0.462 e. The molecule has 0 unspecified atom stereocenters. The van der Waals surface area contributed by atoms with Gasteiger partial charge in [-0.1, -0.05) is 29.8 Å². The average molecular weight is 363 g/mol. The standard InChI is InChI=1S/C17H15ClN2O3S/c1-3-23-17(22)14-9(2)13-15(21)19-12(20-16(13)24-14)8-10-6-4-5-7-11(10)18/h4-7H,3,8H2,1-2H3,(H,19,20,21). The maximum Gasteiger partial charge on any atom is 0.348 e. The van der Waals surface area contributed by atoms with E-state index in [9.17, 15) is 9.59 Å². The lowest BCUT2D eigenvalue weighted by Crippen LogP contribution is -2.12. The Kier molecular flexibility index (Phi) is 4.69. The number of ether oxygens (including phenoxy) is 1. The van der Waals surface area contributed by atoms with Crippen LogP contribution in [0.4, 0.5) is 0 Å². The summed E-state index contributed by atoms with van der Waals surface area (Å²) in [4.78, 5) is 32.6. The first-order valence-corrected chi connectivity index (χ1v) is 8.63. The van der Waals surface area contributed by atoms with Crippen molar-refractivity contribution in [2.45, 2.75) is 20.3 Å². The van der Waals surface area contributed by atoms with Crippen LogP contribution < -0.4 is 5.56 Å². The molecule has 7 heteroatoms. The van der Waals surface area contributed by atoms with E-state index in [1.54, 1.807) is 19.9 Å². The molecule has 24 heavy (non-hydrogen) atoms. The number of benzene rings is 1. The topological polar surface area (TPSA) is 72.0 Å². The van der Waals surface area contributed by atoms with Gasteiger partial charge in [-0.3, -0.25) is 4.79 Å². The van der Waals surface area contributed by atoms with Gasteiger partial charge in [0.25, 0.3) is 5.56 Å². The molecular weight excluding hydrogens is 348 g/mol. The zero-order valence-electron chi connectivity index (χ0n) is 13.2. The fourth-order valence-corrected chi connectivity index (χ4v) is 3.78. The van der Waals surface area contributed by atoms with Gasteiger partial charge in [0, 0.05) is 11.4 Å². The third-order valence-corrected chi connectivity index (χ3v) is 5.16. The van der Waals surface area contributed by atoms with Crippen LogP contribution in [0.2, 0.25) is 5.02 Å². The number of H-pyrrole nitrogens is 1. The maximum atomic E-state index is 12.4. The summed E-state index contributed by atoms with van der Waals surface area (Å²) in [6.45, 7) is 3.76. The molecule has 0 aliphatic carbocycles. The minimum atomic E-state index is -0.426. The second-order valence-electron chi connectivity index (χ2n) is 5.24. The molecule has 1 aromatic carbocycles. The van der Waals surface area contributed by atoms with Crippen molar-refractivity contribution in [2.24, 2.45) is 0 Å². The Labute approximate surface area is 147 Å². The number of halogens is 1. The van der Waals surface area contributed by atoms with Crippen LogP contribution in [0.25, 0.3) is 10.2 Å². The fourth-order valence-electron chi connectivity index (χ4n) is 2.49. The highest BCUT2D eigenvalue weighted by molar-refractivity contribution is 7.20. The summed E-state index contributed by atoms with van der Waals surface area (Å²) < 4.78 is 5.03. The van der Waals surface area contributed by atoms with Crippen LogP contribution in [0.3, 0.4) is 0 Å². The Bertz CT molecular complexity index is 978. The molecule has 124 valence electrons. The highest BCUT2D eigenvalue weighted by Crippen LogP contribution is 2.28. The molecule has 0 aliphatic rings. The number of thiophene rings is 1. The molecule has 2 heterocycles. The Morgan fingerprint density at radius 3 is 2.83 bits per heavy atom. The van der Waals surface area contributed by atoms with Gasteiger partial charge < -0.3 is 9.72 Å². The molecule has 0 bridgehead atoms. The molecule has 0 saturated heterocycles. The summed E-state index contributed by atoms with van der Waals surface area (Å²) in [6.07, 6.45) is 0.413. The minimum absolute atomic E-state index is 0.258. The van der Waals surface area contributed by atoms with Crippen LogP contribution in [0.15, 0.2) is 29.1 Å². The molecule has 0 amide bonds. The van der Waals surface area contributed by atoms with Gasteiger partial charge in [-0.15, -0.1) is 11.3 Å². The average Bonchev–Trinajstić information content (AvgIpc) is 2.87. The van der Waals surface area contributed by atoms with Crippen LogP contribution in [-0.2, 0) is 11.2 Å². The van der Waals surface area contributed by atoms with Crippen LogP contribution in [-0.4, -0.2) is 22.5 Å². The van der Waals surface area contributed by atoms with Crippen molar-refractivity contribution in [3.8, 4) is 0 Å². The van der Waals surface area contributed by atoms with Crippen LogP contribution in [0.1, 0.15) is 33.5 Å². The lowest BCUT2D eigenvalue weighted by atomic mass is 10.1. The lowest BCUT2D eigenvalue weighted by molar-refractivity contribution is 0.0531. The highest BCUT2D eigenvalue weighted by Gasteiger charge is 2.20. The predicted molar refractivity (Wildman–Crippen MR) is 95.2 cm³/mol. The van der Waals surface area contributed by atoms with Crippen LogP contribution in [0.5, 0.6) is 0 Å². The van der Waals surface area contributed by atoms with Crippen molar-refractivity contribution in [1.82, 2.24) is 9.97 Å². The molecule has 5 nitrogen and oxygen atoms in total. The highest BCUT2D eigenvalue weighted by atomic mass is 35.5. The number of hydrogen-bond donors (Lipinski definition) is 1. The second-order valence-corrected chi connectivity index (χ2v) is 6.64. The SMILES string of the molecule is CCOC(=O)c1sc2nc(Cc3ccccc3Cl)[nH]c(=O)c2c1C. The molecular formula is C17H15ClN2O3S. The van der Waals surface area contributed by atoms with E-state index in [2.05, 4.69) is 9.97 Å². The van der Waals surface area contributed by atoms with E-state index < -0.39 is 5.97 Å². The van der Waals surface area contributed by atoms with Crippen molar-refractivity contribution in [1.29, 1.82) is 0 Å². The van der Waals surface area contributed by atoms with E-state index in [4.69, 9.17) is 16.3 Å². The van der Waals surface area contributed by atoms with Gasteiger partial charge in [0.05, 0.1) is 12.0 Å². The van der Waals surface area contributed by atoms with Gasteiger partial charge in [-0.2, -0.15) is 0 Å². The lowest BCUT2D eigenvalue weighted by Gasteiger charge is -2.03. The first-order valence-electron chi connectivity index (χ1n) is 7.44. The van der Waals surface area contributed by atoms with E-state index in [1.165, 1.54) is 11.3 Å². The van der Waals surface area contributed by atoms with Gasteiger partial charge in [-0.05, 0) is 31.0 Å². The number of nitrogens with zero attached hydrogens (tertiary/aromatic N) is 1. The van der Waals surface area contributed by atoms with Gasteiger partial charge in [0.2, 0.25) is 0 Å². The van der Waals surface area contributed by atoms with E-state index in [0.717, 1.165) is 5.56 Å². The summed E-state index contributed by atoms with van der Waals surface area (Å²) in [5.74, 6) is 0.0855. The predicted octanol–water partition coefficient (Wildman–Crippen LogP) is 3.71. The Hall–Kier alpha value is -2.18. The Morgan fingerprint density at radius 1 is 1.38 bits per heavy atom. The molecule has 0 saturated carbocycles. The van der Waals surface area contributed by atoms with Crippen LogP contribution >= 0.6 is 22.9 Å². The first kappa shape index (κ1) is 16.7. The Balaban J connectivity index is 2.06. The molecule has 0 radical (unpaired) electrons. The smallest absolute Gasteiger partial charge is 0.348 e. The van der Waals surface area contributed by atoms with Crippen molar-refractivity contribution in [2.75, 3.05) is 6.61 Å². The number of carbonyl (C=O) groups is 1. The van der Waals surface area contributed by atoms with Gasteiger partial charge in [0.1, 0.15) is 15.5 Å². The molecule has 1 N–H and O–H groups in total. The maximum absolute atomic E-state index is 12.4.